The Balaban J connectivity index is 2.11. The Morgan fingerprint density at radius 2 is 2.20 bits per heavy atom. The lowest BCUT2D eigenvalue weighted by atomic mass is 10.2. The third-order valence-electron chi connectivity index (χ3n) is 2.27. The summed E-state index contributed by atoms with van der Waals surface area (Å²) in [7, 11) is 0. The van der Waals surface area contributed by atoms with E-state index in [1.165, 1.54) is 11.6 Å². The van der Waals surface area contributed by atoms with Crippen LogP contribution in [0, 0.1) is 12.7 Å². The second-order valence-electron chi connectivity index (χ2n) is 3.42. The zero-order valence-electron chi connectivity index (χ0n) is 8.46. The number of halogens is 1. The normalized spacial score (nSPS) is 10.3. The summed E-state index contributed by atoms with van der Waals surface area (Å²) in [6.45, 7) is 2.57. The highest BCUT2D eigenvalue weighted by atomic mass is 32.1. The fourth-order valence-corrected chi connectivity index (χ4v) is 2.11. The number of anilines is 1. The number of hydrogen-bond donors (Lipinski definition) is 1. The van der Waals surface area contributed by atoms with Gasteiger partial charge in [-0.05, 0) is 40.9 Å². The van der Waals surface area contributed by atoms with E-state index in [0.29, 0.717) is 12.2 Å². The molecule has 1 heterocycles. The smallest absolute Gasteiger partial charge is 0.146 e. The van der Waals surface area contributed by atoms with Gasteiger partial charge in [0.05, 0.1) is 5.69 Å². The fraction of sp³-hybridized carbons (Fsp3) is 0.167. The van der Waals surface area contributed by atoms with Gasteiger partial charge in [-0.3, -0.25) is 0 Å². The lowest BCUT2D eigenvalue weighted by Gasteiger charge is -2.09. The van der Waals surface area contributed by atoms with Crippen molar-refractivity contribution in [2.45, 2.75) is 13.5 Å². The maximum atomic E-state index is 13.4. The van der Waals surface area contributed by atoms with Crippen molar-refractivity contribution in [3.8, 4) is 0 Å². The Kier molecular flexibility index (Phi) is 3.02. The first kappa shape index (κ1) is 10.2. The zero-order chi connectivity index (χ0) is 10.7. The molecule has 0 atom stereocenters. The topological polar surface area (TPSA) is 12.0 Å². The molecule has 15 heavy (non-hydrogen) atoms. The highest BCUT2D eigenvalue weighted by molar-refractivity contribution is 7.07. The minimum atomic E-state index is -0.190. The number of benzene rings is 1. The molecule has 0 amide bonds. The van der Waals surface area contributed by atoms with E-state index in [0.717, 1.165) is 5.56 Å². The van der Waals surface area contributed by atoms with Crippen molar-refractivity contribution in [2.75, 3.05) is 5.32 Å². The Bertz CT molecular complexity index is 417. The third-order valence-corrected chi connectivity index (χ3v) is 3.00. The molecule has 0 aliphatic rings. The van der Waals surface area contributed by atoms with Gasteiger partial charge in [-0.2, -0.15) is 11.3 Å². The monoisotopic (exact) mass is 221 g/mol. The van der Waals surface area contributed by atoms with Gasteiger partial charge < -0.3 is 5.32 Å². The van der Waals surface area contributed by atoms with E-state index in [4.69, 9.17) is 0 Å². The zero-order valence-corrected chi connectivity index (χ0v) is 9.27. The molecular weight excluding hydrogens is 209 g/mol. The first-order valence-corrected chi connectivity index (χ1v) is 5.72. The van der Waals surface area contributed by atoms with Gasteiger partial charge in [0, 0.05) is 6.54 Å². The average Bonchev–Trinajstić information content (AvgIpc) is 2.70. The quantitative estimate of drug-likeness (QED) is 0.831. The lowest BCUT2D eigenvalue weighted by Crippen LogP contribution is -2.02. The summed E-state index contributed by atoms with van der Waals surface area (Å²) < 4.78 is 13.4. The van der Waals surface area contributed by atoms with E-state index in [9.17, 15) is 4.39 Å². The summed E-state index contributed by atoms with van der Waals surface area (Å²) in [5, 5.41) is 7.19. The Morgan fingerprint density at radius 3 is 2.87 bits per heavy atom. The molecule has 0 radical (unpaired) electrons. The molecule has 0 aliphatic carbocycles. The minimum absolute atomic E-state index is 0.190. The minimum Gasteiger partial charge on any atom is -0.378 e. The Labute approximate surface area is 92.6 Å². The van der Waals surface area contributed by atoms with Crippen LogP contribution in [-0.2, 0) is 6.54 Å². The third kappa shape index (κ3) is 2.36. The van der Waals surface area contributed by atoms with E-state index in [-0.39, 0.29) is 5.82 Å². The summed E-state index contributed by atoms with van der Waals surface area (Å²) >= 11 is 1.65. The number of para-hydroxylation sites is 1. The predicted octanol–water partition coefficient (Wildman–Crippen LogP) is 3.81. The first-order chi connectivity index (χ1) is 7.27. The number of hydrogen-bond acceptors (Lipinski definition) is 2. The lowest BCUT2D eigenvalue weighted by molar-refractivity contribution is 0.629. The fourth-order valence-electron chi connectivity index (χ4n) is 1.44. The van der Waals surface area contributed by atoms with Gasteiger partial charge in [0.2, 0.25) is 0 Å². The van der Waals surface area contributed by atoms with E-state index in [1.807, 2.05) is 24.4 Å². The number of aryl methyl sites for hydroxylation is 1. The molecule has 0 bridgehead atoms. The van der Waals surface area contributed by atoms with Crippen molar-refractivity contribution in [2.24, 2.45) is 0 Å². The molecule has 0 saturated carbocycles. The van der Waals surface area contributed by atoms with E-state index < -0.39 is 0 Å². The molecule has 0 spiro atoms. The van der Waals surface area contributed by atoms with Crippen LogP contribution < -0.4 is 5.32 Å². The summed E-state index contributed by atoms with van der Waals surface area (Å²) in [6.07, 6.45) is 0. The standard InChI is InChI=1S/C12H12FNS/c1-9-3-2-4-11(13)12(9)14-7-10-5-6-15-8-10/h2-6,8,14H,7H2,1H3. The number of rotatable bonds is 3. The van der Waals surface area contributed by atoms with Gasteiger partial charge in [0.15, 0.2) is 0 Å². The van der Waals surface area contributed by atoms with Gasteiger partial charge in [0.25, 0.3) is 0 Å². The highest BCUT2D eigenvalue weighted by Gasteiger charge is 2.04. The van der Waals surface area contributed by atoms with E-state index >= 15 is 0 Å². The van der Waals surface area contributed by atoms with Crippen LogP contribution in [0.25, 0.3) is 0 Å². The SMILES string of the molecule is Cc1cccc(F)c1NCc1ccsc1. The van der Waals surface area contributed by atoms with Crippen molar-refractivity contribution in [3.63, 3.8) is 0 Å². The second-order valence-corrected chi connectivity index (χ2v) is 4.20. The summed E-state index contributed by atoms with van der Waals surface area (Å²) in [4.78, 5) is 0. The summed E-state index contributed by atoms with van der Waals surface area (Å²) in [6, 6.07) is 7.14. The van der Waals surface area contributed by atoms with Crippen molar-refractivity contribution >= 4 is 17.0 Å². The van der Waals surface area contributed by atoms with Crippen LogP contribution in [0.2, 0.25) is 0 Å². The molecule has 2 rings (SSSR count). The van der Waals surface area contributed by atoms with Crippen molar-refractivity contribution in [3.05, 3.63) is 52.0 Å². The molecule has 78 valence electrons. The van der Waals surface area contributed by atoms with E-state index in [1.54, 1.807) is 17.4 Å². The van der Waals surface area contributed by atoms with Gasteiger partial charge in [-0.1, -0.05) is 12.1 Å². The highest BCUT2D eigenvalue weighted by Crippen LogP contribution is 2.19. The Morgan fingerprint density at radius 1 is 1.33 bits per heavy atom. The van der Waals surface area contributed by atoms with E-state index in [2.05, 4.69) is 10.7 Å². The molecule has 0 saturated heterocycles. The van der Waals surface area contributed by atoms with Crippen LogP contribution in [0.3, 0.4) is 0 Å². The maximum Gasteiger partial charge on any atom is 0.146 e. The van der Waals surface area contributed by atoms with Crippen LogP contribution in [0.15, 0.2) is 35.0 Å². The number of thiophene rings is 1. The Hall–Kier alpha value is -1.35. The molecular formula is C12H12FNS. The average molecular weight is 221 g/mol. The van der Waals surface area contributed by atoms with Crippen molar-refractivity contribution in [1.29, 1.82) is 0 Å². The second kappa shape index (κ2) is 4.45. The maximum absolute atomic E-state index is 13.4. The molecule has 1 nitrogen and oxygen atoms in total. The number of nitrogens with one attached hydrogen (secondary N) is 1. The molecule has 0 fully saturated rings. The predicted molar refractivity (Wildman–Crippen MR) is 62.8 cm³/mol. The largest absolute Gasteiger partial charge is 0.378 e. The molecule has 1 N–H and O–H groups in total. The molecule has 0 aliphatic heterocycles. The first-order valence-electron chi connectivity index (χ1n) is 4.77. The van der Waals surface area contributed by atoms with Gasteiger partial charge >= 0.3 is 0 Å². The van der Waals surface area contributed by atoms with Crippen molar-refractivity contribution in [1.82, 2.24) is 0 Å². The van der Waals surface area contributed by atoms with Gasteiger partial charge in [-0.25, -0.2) is 4.39 Å². The molecule has 1 aromatic carbocycles. The molecule has 2 aromatic rings. The van der Waals surface area contributed by atoms with Crippen LogP contribution in [0.4, 0.5) is 10.1 Å². The summed E-state index contributed by atoms with van der Waals surface area (Å²) in [5.74, 6) is -0.190. The molecule has 3 heteroatoms. The van der Waals surface area contributed by atoms with Gasteiger partial charge in [0.1, 0.15) is 5.82 Å². The van der Waals surface area contributed by atoms with Crippen LogP contribution in [-0.4, -0.2) is 0 Å². The molecule has 1 aromatic heterocycles. The molecule has 0 unspecified atom stereocenters. The van der Waals surface area contributed by atoms with Crippen LogP contribution in [0.5, 0.6) is 0 Å². The van der Waals surface area contributed by atoms with Crippen molar-refractivity contribution < 1.29 is 4.39 Å². The van der Waals surface area contributed by atoms with Crippen LogP contribution in [0.1, 0.15) is 11.1 Å². The van der Waals surface area contributed by atoms with Gasteiger partial charge in [-0.15, -0.1) is 0 Å². The summed E-state index contributed by atoms with van der Waals surface area (Å²) in [5.41, 5.74) is 2.72. The van der Waals surface area contributed by atoms with Crippen LogP contribution >= 0.6 is 11.3 Å².